The maximum Gasteiger partial charge on any atom is 0.0119 e. The second-order valence-corrected chi connectivity index (χ2v) is 5.58. The van der Waals surface area contributed by atoms with Crippen LogP contribution in [0, 0.1) is 5.92 Å². The highest BCUT2D eigenvalue weighted by Gasteiger charge is 2.26. The molecule has 5 heteroatoms. The van der Waals surface area contributed by atoms with Gasteiger partial charge in [0.25, 0.3) is 0 Å². The third-order valence-corrected chi connectivity index (χ3v) is 4.10. The molecule has 0 aromatic carbocycles. The van der Waals surface area contributed by atoms with Crippen molar-refractivity contribution in [2.75, 3.05) is 45.8 Å². The van der Waals surface area contributed by atoms with Gasteiger partial charge in [0.1, 0.15) is 0 Å². The summed E-state index contributed by atoms with van der Waals surface area (Å²) in [5.41, 5.74) is 0. The lowest BCUT2D eigenvalue weighted by molar-refractivity contribution is 0.160. The zero-order valence-corrected chi connectivity index (χ0v) is 13.4. The first kappa shape index (κ1) is 18.5. The molecule has 1 unspecified atom stereocenters. The lowest BCUT2D eigenvalue weighted by Crippen LogP contribution is -2.47. The number of nitrogens with zero attached hydrogens (tertiary/aromatic N) is 2. The van der Waals surface area contributed by atoms with Gasteiger partial charge in [-0.15, -0.1) is 24.8 Å². The molecule has 2 fully saturated rings. The van der Waals surface area contributed by atoms with Crippen LogP contribution >= 0.6 is 24.8 Å². The van der Waals surface area contributed by atoms with E-state index < -0.39 is 0 Å². The van der Waals surface area contributed by atoms with Crippen molar-refractivity contribution < 1.29 is 0 Å². The van der Waals surface area contributed by atoms with Crippen molar-refractivity contribution in [2.45, 2.75) is 32.7 Å². The van der Waals surface area contributed by atoms with Crippen LogP contribution in [0.15, 0.2) is 0 Å². The lowest BCUT2D eigenvalue weighted by Gasteiger charge is -2.32. The quantitative estimate of drug-likeness (QED) is 0.854. The summed E-state index contributed by atoms with van der Waals surface area (Å²) in [7, 11) is 0. The van der Waals surface area contributed by atoms with Gasteiger partial charge in [0, 0.05) is 45.3 Å². The molecule has 2 saturated heterocycles. The van der Waals surface area contributed by atoms with E-state index in [9.17, 15) is 0 Å². The first-order valence-electron chi connectivity index (χ1n) is 6.94. The summed E-state index contributed by atoms with van der Waals surface area (Å²) in [5, 5.41) is 3.41. The van der Waals surface area contributed by atoms with Gasteiger partial charge in [0.2, 0.25) is 0 Å². The molecule has 2 aliphatic rings. The monoisotopic (exact) mass is 297 g/mol. The third-order valence-electron chi connectivity index (χ3n) is 4.10. The molecule has 18 heavy (non-hydrogen) atoms. The summed E-state index contributed by atoms with van der Waals surface area (Å²) in [4.78, 5) is 5.32. The Kier molecular flexibility index (Phi) is 9.62. The molecule has 0 saturated carbocycles. The van der Waals surface area contributed by atoms with E-state index in [-0.39, 0.29) is 24.8 Å². The Morgan fingerprint density at radius 1 is 1.06 bits per heavy atom. The molecule has 110 valence electrons. The second kappa shape index (κ2) is 9.38. The minimum atomic E-state index is 0. The van der Waals surface area contributed by atoms with E-state index in [2.05, 4.69) is 29.0 Å². The first-order chi connectivity index (χ1) is 7.77. The van der Waals surface area contributed by atoms with Gasteiger partial charge < -0.3 is 5.32 Å². The van der Waals surface area contributed by atoms with Gasteiger partial charge >= 0.3 is 0 Å². The van der Waals surface area contributed by atoms with Crippen LogP contribution in [0.1, 0.15) is 26.7 Å². The summed E-state index contributed by atoms with van der Waals surface area (Å²) >= 11 is 0. The molecule has 1 atom stereocenters. The molecule has 0 aromatic heterocycles. The number of likely N-dealkylation sites (tertiary alicyclic amines) is 1. The number of nitrogens with one attached hydrogen (secondary N) is 1. The number of piperazine rings is 1. The Bertz CT molecular complexity index is 208. The molecule has 2 rings (SSSR count). The smallest absolute Gasteiger partial charge is 0.0119 e. The molecular weight excluding hydrogens is 269 g/mol. The summed E-state index contributed by atoms with van der Waals surface area (Å²) in [6, 6.07) is 0.850. The molecule has 0 aliphatic carbocycles. The Morgan fingerprint density at radius 3 is 2.33 bits per heavy atom. The zero-order valence-electron chi connectivity index (χ0n) is 11.7. The van der Waals surface area contributed by atoms with Crippen molar-refractivity contribution in [3.63, 3.8) is 0 Å². The van der Waals surface area contributed by atoms with Crippen LogP contribution in [0.4, 0.5) is 0 Å². The molecule has 0 spiro atoms. The van der Waals surface area contributed by atoms with Crippen LogP contribution in [0.25, 0.3) is 0 Å². The molecular formula is C13H29Cl2N3. The molecule has 0 radical (unpaired) electrons. The van der Waals surface area contributed by atoms with Crippen LogP contribution < -0.4 is 5.32 Å². The Morgan fingerprint density at radius 2 is 1.72 bits per heavy atom. The molecule has 0 aromatic rings. The zero-order chi connectivity index (χ0) is 11.4. The van der Waals surface area contributed by atoms with Crippen LogP contribution in [0.2, 0.25) is 0 Å². The van der Waals surface area contributed by atoms with Crippen molar-refractivity contribution in [2.24, 2.45) is 5.92 Å². The van der Waals surface area contributed by atoms with Crippen molar-refractivity contribution in [3.8, 4) is 0 Å². The molecule has 2 aliphatic heterocycles. The van der Waals surface area contributed by atoms with Gasteiger partial charge in [-0.1, -0.05) is 13.8 Å². The molecule has 3 nitrogen and oxygen atoms in total. The van der Waals surface area contributed by atoms with E-state index in [0.717, 1.165) is 12.0 Å². The Labute approximate surface area is 124 Å². The van der Waals surface area contributed by atoms with E-state index in [1.54, 1.807) is 0 Å². The molecule has 0 bridgehead atoms. The van der Waals surface area contributed by atoms with E-state index in [0.29, 0.717) is 0 Å². The fourth-order valence-corrected chi connectivity index (χ4v) is 3.09. The fraction of sp³-hybridized carbons (Fsp3) is 1.00. The van der Waals surface area contributed by atoms with Gasteiger partial charge in [-0.2, -0.15) is 0 Å². The number of hydrogen-bond acceptors (Lipinski definition) is 3. The number of hydrogen-bond donors (Lipinski definition) is 1. The maximum absolute atomic E-state index is 3.41. The van der Waals surface area contributed by atoms with Gasteiger partial charge in [0.15, 0.2) is 0 Å². The first-order valence-corrected chi connectivity index (χ1v) is 6.94. The van der Waals surface area contributed by atoms with E-state index in [4.69, 9.17) is 0 Å². The van der Waals surface area contributed by atoms with Crippen LogP contribution in [0.3, 0.4) is 0 Å². The highest BCUT2D eigenvalue weighted by atomic mass is 35.5. The summed E-state index contributed by atoms with van der Waals surface area (Å²) in [5.74, 6) is 0.825. The average molecular weight is 298 g/mol. The highest BCUT2D eigenvalue weighted by molar-refractivity contribution is 5.85. The SMILES string of the molecule is CC(C)C1CCCN1CCN1CCNCC1.Cl.Cl. The van der Waals surface area contributed by atoms with Crippen molar-refractivity contribution in [1.82, 2.24) is 15.1 Å². The highest BCUT2D eigenvalue weighted by Crippen LogP contribution is 2.23. The van der Waals surface area contributed by atoms with Crippen molar-refractivity contribution >= 4 is 24.8 Å². The molecule has 2 heterocycles. The second-order valence-electron chi connectivity index (χ2n) is 5.58. The largest absolute Gasteiger partial charge is 0.314 e. The normalized spacial score (nSPS) is 25.8. The Balaban J connectivity index is 0.00000144. The van der Waals surface area contributed by atoms with Crippen LogP contribution in [-0.4, -0.2) is 61.7 Å². The average Bonchev–Trinajstić information content (AvgIpc) is 2.76. The fourth-order valence-electron chi connectivity index (χ4n) is 3.09. The molecule has 0 amide bonds. The standard InChI is InChI=1S/C13H27N3.2ClH/c1-12(2)13-4-3-7-16(13)11-10-15-8-5-14-6-9-15;;/h12-14H,3-11H2,1-2H3;2*1H. The summed E-state index contributed by atoms with van der Waals surface area (Å²) < 4.78 is 0. The van der Waals surface area contributed by atoms with Gasteiger partial charge in [-0.3, -0.25) is 9.80 Å². The number of rotatable bonds is 4. The van der Waals surface area contributed by atoms with E-state index in [1.807, 2.05) is 0 Å². The van der Waals surface area contributed by atoms with Gasteiger partial charge in [-0.25, -0.2) is 0 Å². The minimum Gasteiger partial charge on any atom is -0.314 e. The topological polar surface area (TPSA) is 18.5 Å². The number of halogens is 2. The molecule has 1 N–H and O–H groups in total. The van der Waals surface area contributed by atoms with Crippen molar-refractivity contribution in [1.29, 1.82) is 0 Å². The third kappa shape index (κ3) is 5.22. The minimum absolute atomic E-state index is 0. The summed E-state index contributed by atoms with van der Waals surface area (Å²) in [6.45, 7) is 13.4. The van der Waals surface area contributed by atoms with Gasteiger partial charge in [0.05, 0.1) is 0 Å². The summed E-state index contributed by atoms with van der Waals surface area (Å²) in [6.07, 6.45) is 2.82. The van der Waals surface area contributed by atoms with Crippen LogP contribution in [-0.2, 0) is 0 Å². The van der Waals surface area contributed by atoms with Gasteiger partial charge in [-0.05, 0) is 25.3 Å². The van der Waals surface area contributed by atoms with Crippen LogP contribution in [0.5, 0.6) is 0 Å². The Hall–Kier alpha value is 0.460. The van der Waals surface area contributed by atoms with E-state index >= 15 is 0 Å². The van der Waals surface area contributed by atoms with Crippen molar-refractivity contribution in [3.05, 3.63) is 0 Å². The predicted molar refractivity (Wildman–Crippen MR) is 83.2 cm³/mol. The maximum atomic E-state index is 3.41. The predicted octanol–water partition coefficient (Wildman–Crippen LogP) is 1.86. The van der Waals surface area contributed by atoms with E-state index in [1.165, 1.54) is 58.7 Å². The lowest BCUT2D eigenvalue weighted by atomic mass is 10.0.